The molecule has 8 heteroatoms. The van der Waals surface area contributed by atoms with Gasteiger partial charge in [-0.3, -0.25) is 9.69 Å². The third-order valence-corrected chi connectivity index (χ3v) is 8.82. The first-order chi connectivity index (χ1) is 16.4. The van der Waals surface area contributed by atoms with Gasteiger partial charge in [0.05, 0.1) is 18.0 Å². The Balaban J connectivity index is 1.53. The summed E-state index contributed by atoms with van der Waals surface area (Å²) in [5, 5.41) is 3.08. The Labute approximate surface area is 203 Å². The molecule has 7 nitrogen and oxygen atoms in total. The lowest BCUT2D eigenvalue weighted by Crippen LogP contribution is -2.37. The molecule has 2 aromatic rings. The molecule has 184 valence electrons. The van der Waals surface area contributed by atoms with Gasteiger partial charge in [-0.15, -0.1) is 0 Å². The summed E-state index contributed by atoms with van der Waals surface area (Å²) in [5.74, 6) is 0.541. The third-order valence-electron chi connectivity index (χ3n) is 6.92. The number of carbonyl (C=O) groups is 1. The van der Waals surface area contributed by atoms with Crippen LogP contribution in [0.2, 0.25) is 0 Å². The van der Waals surface area contributed by atoms with E-state index in [1.165, 1.54) is 10.4 Å². The highest BCUT2D eigenvalue weighted by Gasteiger charge is 2.28. The Hall–Kier alpha value is -2.42. The van der Waals surface area contributed by atoms with Gasteiger partial charge >= 0.3 is 0 Å². The van der Waals surface area contributed by atoms with E-state index >= 15 is 0 Å². The van der Waals surface area contributed by atoms with E-state index in [0.717, 1.165) is 62.1 Å². The molecule has 34 heavy (non-hydrogen) atoms. The Morgan fingerprint density at radius 1 is 1.00 bits per heavy atom. The van der Waals surface area contributed by atoms with Gasteiger partial charge in [0.1, 0.15) is 5.75 Å². The molecule has 2 aliphatic rings. The van der Waals surface area contributed by atoms with E-state index in [2.05, 4.69) is 16.3 Å². The molecule has 4 rings (SSSR count). The van der Waals surface area contributed by atoms with Crippen molar-refractivity contribution < 1.29 is 17.9 Å². The summed E-state index contributed by atoms with van der Waals surface area (Å²) in [5.41, 5.74) is 2.26. The number of amides is 1. The molecule has 2 fully saturated rings. The topological polar surface area (TPSA) is 78.9 Å². The number of methoxy groups -OCH3 is 1. The van der Waals surface area contributed by atoms with Crippen molar-refractivity contribution in [3.8, 4) is 5.75 Å². The highest BCUT2D eigenvalue weighted by Crippen LogP contribution is 2.28. The van der Waals surface area contributed by atoms with E-state index in [1.54, 1.807) is 19.2 Å². The second kappa shape index (κ2) is 10.9. The quantitative estimate of drug-likeness (QED) is 0.616. The number of hydrogen-bond acceptors (Lipinski definition) is 5. The summed E-state index contributed by atoms with van der Waals surface area (Å²) in [7, 11) is -1.95. The summed E-state index contributed by atoms with van der Waals surface area (Å²) in [6, 6.07) is 12.9. The van der Waals surface area contributed by atoms with Crippen molar-refractivity contribution in [1.29, 1.82) is 0 Å². The number of benzene rings is 2. The number of ether oxygens (including phenoxy) is 1. The van der Waals surface area contributed by atoms with Crippen molar-refractivity contribution in [2.24, 2.45) is 0 Å². The summed E-state index contributed by atoms with van der Waals surface area (Å²) in [4.78, 5) is 15.8. The van der Waals surface area contributed by atoms with E-state index in [-0.39, 0.29) is 16.8 Å². The predicted molar refractivity (Wildman–Crippen MR) is 133 cm³/mol. The number of aryl methyl sites for hydroxylation is 1. The maximum Gasteiger partial charge on any atom is 0.251 e. The minimum atomic E-state index is -3.60. The first-order valence-corrected chi connectivity index (χ1v) is 13.6. The second-order valence-electron chi connectivity index (χ2n) is 9.19. The molecule has 0 radical (unpaired) electrons. The Bertz CT molecular complexity index is 1110. The molecular formula is C26H35N3O4S. The monoisotopic (exact) mass is 485 g/mol. The molecule has 0 spiro atoms. The van der Waals surface area contributed by atoms with Gasteiger partial charge in [0.2, 0.25) is 10.0 Å². The summed E-state index contributed by atoms with van der Waals surface area (Å²) >= 11 is 0. The lowest BCUT2D eigenvalue weighted by Gasteiger charge is -2.28. The van der Waals surface area contributed by atoms with Gasteiger partial charge < -0.3 is 10.1 Å². The van der Waals surface area contributed by atoms with Crippen LogP contribution in [0.1, 0.15) is 59.6 Å². The van der Waals surface area contributed by atoms with Crippen LogP contribution in [-0.4, -0.2) is 63.4 Å². The van der Waals surface area contributed by atoms with Gasteiger partial charge in [0.15, 0.2) is 0 Å². The standard InChI is InChI=1S/C26H35N3O4S/c1-20-11-12-23(34(31,32)29-15-4-3-5-16-29)18-24(20)26(30)27-19-25(28-13-6-7-14-28)21-9-8-10-22(17-21)33-2/h8-12,17-18,25H,3-7,13-16,19H2,1-2H3,(H,27,30). The average Bonchev–Trinajstić information content (AvgIpc) is 3.39. The highest BCUT2D eigenvalue weighted by atomic mass is 32.2. The van der Waals surface area contributed by atoms with Crippen LogP contribution in [0.25, 0.3) is 0 Å². The maximum atomic E-state index is 13.2. The van der Waals surface area contributed by atoms with Crippen LogP contribution in [0.5, 0.6) is 5.75 Å². The van der Waals surface area contributed by atoms with Crippen molar-refractivity contribution >= 4 is 15.9 Å². The van der Waals surface area contributed by atoms with Gasteiger partial charge in [-0.05, 0) is 81.1 Å². The number of piperidine rings is 1. The molecule has 0 aromatic heterocycles. The molecule has 1 N–H and O–H groups in total. The fraction of sp³-hybridized carbons (Fsp3) is 0.500. The SMILES string of the molecule is COc1cccc(C(CNC(=O)c2cc(S(=O)(=O)N3CCCCC3)ccc2C)N2CCCC2)c1. The Kier molecular flexibility index (Phi) is 7.91. The average molecular weight is 486 g/mol. The van der Waals surface area contributed by atoms with Gasteiger partial charge in [0.25, 0.3) is 5.91 Å². The Morgan fingerprint density at radius 3 is 2.41 bits per heavy atom. The van der Waals surface area contributed by atoms with E-state index in [9.17, 15) is 13.2 Å². The van der Waals surface area contributed by atoms with Crippen LogP contribution in [0, 0.1) is 6.92 Å². The summed E-state index contributed by atoms with van der Waals surface area (Å²) in [6.45, 7) is 5.33. The molecule has 2 aromatic carbocycles. The summed E-state index contributed by atoms with van der Waals surface area (Å²) in [6.07, 6.45) is 5.09. The Morgan fingerprint density at radius 2 is 1.71 bits per heavy atom. The predicted octanol–water partition coefficient (Wildman–Crippen LogP) is 3.75. The highest BCUT2D eigenvalue weighted by molar-refractivity contribution is 7.89. The molecule has 1 unspecified atom stereocenters. The molecule has 0 aliphatic carbocycles. The molecular weight excluding hydrogens is 450 g/mol. The smallest absolute Gasteiger partial charge is 0.251 e. The van der Waals surface area contributed by atoms with Gasteiger partial charge in [-0.1, -0.05) is 24.6 Å². The van der Waals surface area contributed by atoms with Crippen LogP contribution < -0.4 is 10.1 Å². The summed E-state index contributed by atoms with van der Waals surface area (Å²) < 4.78 is 33.2. The zero-order valence-corrected chi connectivity index (χ0v) is 20.9. The number of sulfonamides is 1. The lowest BCUT2D eigenvalue weighted by atomic mass is 10.0. The largest absolute Gasteiger partial charge is 0.497 e. The minimum absolute atomic E-state index is 0.0297. The number of likely N-dealkylation sites (tertiary alicyclic amines) is 1. The van der Waals surface area contributed by atoms with Crippen molar-refractivity contribution in [1.82, 2.24) is 14.5 Å². The van der Waals surface area contributed by atoms with E-state index in [4.69, 9.17) is 4.74 Å². The number of rotatable bonds is 8. The minimum Gasteiger partial charge on any atom is -0.497 e. The van der Waals surface area contributed by atoms with Gasteiger partial charge in [-0.25, -0.2) is 8.42 Å². The fourth-order valence-electron chi connectivity index (χ4n) is 4.90. The first-order valence-electron chi connectivity index (χ1n) is 12.2. The lowest BCUT2D eigenvalue weighted by molar-refractivity contribution is 0.0937. The van der Waals surface area contributed by atoms with Crippen molar-refractivity contribution in [2.75, 3.05) is 39.8 Å². The number of hydrogen-bond donors (Lipinski definition) is 1. The van der Waals surface area contributed by atoms with Crippen LogP contribution in [0.4, 0.5) is 0 Å². The fourth-order valence-corrected chi connectivity index (χ4v) is 6.45. The van der Waals surface area contributed by atoms with Crippen molar-refractivity contribution in [2.45, 2.75) is 50.0 Å². The molecule has 1 atom stereocenters. The van der Waals surface area contributed by atoms with Gasteiger partial charge in [0, 0.05) is 25.2 Å². The number of nitrogens with zero attached hydrogens (tertiary/aromatic N) is 2. The molecule has 0 saturated carbocycles. The molecule has 2 aliphatic heterocycles. The molecule has 0 bridgehead atoms. The van der Waals surface area contributed by atoms with Crippen LogP contribution in [0.15, 0.2) is 47.4 Å². The van der Waals surface area contributed by atoms with E-state index < -0.39 is 10.0 Å². The molecule has 2 saturated heterocycles. The van der Waals surface area contributed by atoms with E-state index in [0.29, 0.717) is 25.2 Å². The third kappa shape index (κ3) is 5.45. The second-order valence-corrected chi connectivity index (χ2v) is 11.1. The first kappa shape index (κ1) is 24.7. The maximum absolute atomic E-state index is 13.2. The zero-order chi connectivity index (χ0) is 24.1. The van der Waals surface area contributed by atoms with Gasteiger partial charge in [-0.2, -0.15) is 4.31 Å². The number of nitrogens with one attached hydrogen (secondary N) is 1. The number of carbonyl (C=O) groups excluding carboxylic acids is 1. The van der Waals surface area contributed by atoms with Crippen LogP contribution in [-0.2, 0) is 10.0 Å². The van der Waals surface area contributed by atoms with Crippen molar-refractivity contribution in [3.05, 3.63) is 59.2 Å². The van der Waals surface area contributed by atoms with E-state index in [1.807, 2.05) is 25.1 Å². The zero-order valence-electron chi connectivity index (χ0n) is 20.1. The molecule has 2 heterocycles. The van der Waals surface area contributed by atoms with Crippen LogP contribution >= 0.6 is 0 Å². The van der Waals surface area contributed by atoms with Crippen LogP contribution in [0.3, 0.4) is 0 Å². The molecule has 1 amide bonds. The normalized spacial score (nSPS) is 18.5. The van der Waals surface area contributed by atoms with Crippen molar-refractivity contribution in [3.63, 3.8) is 0 Å².